The molecule has 0 fully saturated rings. The van der Waals surface area contributed by atoms with Crippen molar-refractivity contribution in [1.29, 1.82) is 0 Å². The van der Waals surface area contributed by atoms with Gasteiger partial charge in [-0.25, -0.2) is 0 Å². The van der Waals surface area contributed by atoms with Crippen LogP contribution in [0.2, 0.25) is 0 Å². The second kappa shape index (κ2) is 6.81. The maximum absolute atomic E-state index is 10.0. The Morgan fingerprint density at radius 3 is 2.30 bits per heavy atom. The molecule has 2 amide bonds. The third kappa shape index (κ3) is 3.64. The van der Waals surface area contributed by atoms with E-state index in [-0.39, 0.29) is 11.8 Å². The van der Waals surface area contributed by atoms with Gasteiger partial charge in [-0.1, -0.05) is 0 Å². The van der Waals surface area contributed by atoms with E-state index in [9.17, 15) is 9.59 Å². The zero-order valence-electron chi connectivity index (χ0n) is 10.5. The first-order chi connectivity index (χ1) is 9.70. The summed E-state index contributed by atoms with van der Waals surface area (Å²) in [5.41, 5.74) is 1.14. The monoisotopic (exact) mass is 291 g/mol. The van der Waals surface area contributed by atoms with Gasteiger partial charge in [-0.2, -0.15) is 12.6 Å². The number of carbonyl (C=O) groups is 2. The fourth-order valence-corrected chi connectivity index (χ4v) is 1.87. The molecular weight excluding hydrogens is 278 g/mol. The molecule has 3 rings (SSSR count). The molecule has 1 aliphatic heterocycles. The average molecular weight is 291 g/mol. The number of rotatable bonds is 3. The van der Waals surface area contributed by atoms with Crippen LogP contribution in [-0.4, -0.2) is 17.6 Å². The van der Waals surface area contributed by atoms with E-state index in [1.54, 1.807) is 12.5 Å². The van der Waals surface area contributed by atoms with Crippen molar-refractivity contribution in [3.63, 3.8) is 0 Å². The van der Waals surface area contributed by atoms with Gasteiger partial charge in [0.05, 0.1) is 12.5 Å². The Bertz CT molecular complexity index is 597. The maximum Gasteiger partial charge on any atom is 0.250 e. The summed E-state index contributed by atoms with van der Waals surface area (Å²) in [6.07, 6.45) is 6.61. The molecule has 3 heterocycles. The van der Waals surface area contributed by atoms with Crippen molar-refractivity contribution in [3.8, 4) is 11.5 Å². The summed E-state index contributed by atoms with van der Waals surface area (Å²) in [5.74, 6) is 1.75. The van der Waals surface area contributed by atoms with E-state index in [1.807, 2.05) is 23.5 Å². The van der Waals surface area contributed by atoms with E-state index in [2.05, 4.69) is 12.6 Å². The van der Waals surface area contributed by atoms with Crippen LogP contribution in [-0.2, 0) is 16.0 Å². The van der Waals surface area contributed by atoms with Crippen LogP contribution in [0.5, 0.6) is 0 Å². The van der Waals surface area contributed by atoms with E-state index >= 15 is 0 Å². The van der Waals surface area contributed by atoms with Crippen LogP contribution < -0.4 is 5.32 Å². The topological polar surface area (TPSA) is 72.5 Å². The van der Waals surface area contributed by atoms with Gasteiger partial charge in [-0.3, -0.25) is 14.9 Å². The first-order valence-electron chi connectivity index (χ1n) is 5.95. The molecule has 104 valence electrons. The lowest BCUT2D eigenvalue weighted by molar-refractivity contribution is -0.123. The Hall–Kier alpha value is -2.21. The van der Waals surface area contributed by atoms with Crippen molar-refractivity contribution in [1.82, 2.24) is 5.32 Å². The molecule has 6 heteroatoms. The van der Waals surface area contributed by atoms with Crippen LogP contribution in [0.3, 0.4) is 0 Å². The lowest BCUT2D eigenvalue weighted by Crippen LogP contribution is -2.19. The molecule has 0 saturated carbocycles. The highest BCUT2D eigenvalue weighted by Crippen LogP contribution is 2.25. The van der Waals surface area contributed by atoms with Gasteiger partial charge in [-0.05, 0) is 30.4 Å². The molecule has 0 aromatic carbocycles. The molecule has 1 N–H and O–H groups in total. The van der Waals surface area contributed by atoms with Crippen molar-refractivity contribution < 1.29 is 18.4 Å². The highest BCUT2D eigenvalue weighted by molar-refractivity contribution is 7.80. The fraction of sp³-hybridized carbons (Fsp3) is 0.143. The summed E-state index contributed by atoms with van der Waals surface area (Å²) in [4.78, 5) is 20.1. The summed E-state index contributed by atoms with van der Waals surface area (Å²) in [6, 6.07) is 5.69. The van der Waals surface area contributed by atoms with Crippen LogP contribution in [0.1, 0.15) is 5.56 Å². The van der Waals surface area contributed by atoms with Gasteiger partial charge in [0.25, 0.3) is 11.8 Å². The number of aryl methyl sites for hydroxylation is 1. The van der Waals surface area contributed by atoms with Gasteiger partial charge in [-0.15, -0.1) is 0 Å². The predicted molar refractivity (Wildman–Crippen MR) is 76.3 cm³/mol. The number of hydrogen-bond acceptors (Lipinski definition) is 5. The van der Waals surface area contributed by atoms with Crippen molar-refractivity contribution in [2.45, 2.75) is 6.42 Å². The van der Waals surface area contributed by atoms with Crippen LogP contribution >= 0.6 is 12.6 Å². The maximum atomic E-state index is 10.0. The molecule has 5 nitrogen and oxygen atoms in total. The molecule has 0 radical (unpaired) electrons. The number of hydrogen-bond donors (Lipinski definition) is 2. The molecule has 2 aromatic rings. The SMILES string of the molecule is O=C1C=CC(=O)N1.SCCc1ccoc1-c1ccco1. The van der Waals surface area contributed by atoms with Crippen molar-refractivity contribution in [2.75, 3.05) is 5.75 Å². The van der Waals surface area contributed by atoms with Gasteiger partial charge in [0.1, 0.15) is 0 Å². The number of amides is 2. The third-order valence-corrected chi connectivity index (χ3v) is 2.73. The lowest BCUT2D eigenvalue weighted by Gasteiger charge is -1.95. The minimum atomic E-state index is -0.329. The molecule has 20 heavy (non-hydrogen) atoms. The second-order valence-electron chi connectivity index (χ2n) is 3.91. The van der Waals surface area contributed by atoms with Crippen molar-refractivity contribution >= 4 is 24.4 Å². The van der Waals surface area contributed by atoms with Gasteiger partial charge in [0, 0.05) is 17.7 Å². The smallest absolute Gasteiger partial charge is 0.250 e. The van der Waals surface area contributed by atoms with E-state index in [4.69, 9.17) is 8.83 Å². The predicted octanol–water partition coefficient (Wildman–Crippen LogP) is 2.21. The van der Waals surface area contributed by atoms with Crippen LogP contribution in [0.4, 0.5) is 0 Å². The number of carbonyl (C=O) groups excluding carboxylic acids is 2. The Balaban J connectivity index is 0.000000178. The zero-order chi connectivity index (χ0) is 14.4. The minimum Gasteiger partial charge on any atom is -0.461 e. The summed E-state index contributed by atoms with van der Waals surface area (Å²) < 4.78 is 10.6. The lowest BCUT2D eigenvalue weighted by atomic mass is 10.2. The molecule has 0 unspecified atom stereocenters. The largest absolute Gasteiger partial charge is 0.461 e. The first-order valence-corrected chi connectivity index (χ1v) is 6.58. The molecule has 0 aliphatic carbocycles. The summed E-state index contributed by atoms with van der Waals surface area (Å²) >= 11 is 4.18. The number of furan rings is 2. The molecule has 0 bridgehead atoms. The van der Waals surface area contributed by atoms with Crippen molar-refractivity contribution in [2.24, 2.45) is 0 Å². The third-order valence-electron chi connectivity index (χ3n) is 2.51. The molecule has 1 aliphatic rings. The normalized spacial score (nSPS) is 13.1. The van der Waals surface area contributed by atoms with E-state index in [0.29, 0.717) is 0 Å². The standard InChI is InChI=1S/C10H10O2S.C4H3NO2/c13-7-4-8-3-6-12-10(8)9-2-1-5-11-9;6-3-1-2-4(7)5-3/h1-3,5-6,13H,4,7H2;1-2H,(H,5,6,7). The molecule has 0 atom stereocenters. The summed E-state index contributed by atoms with van der Waals surface area (Å²) in [5, 5.41) is 2.03. The van der Waals surface area contributed by atoms with Crippen LogP contribution in [0.15, 0.2) is 51.7 Å². The van der Waals surface area contributed by atoms with Crippen LogP contribution in [0, 0.1) is 0 Å². The van der Waals surface area contributed by atoms with E-state index < -0.39 is 0 Å². The molecule has 0 saturated heterocycles. The zero-order valence-corrected chi connectivity index (χ0v) is 11.4. The van der Waals surface area contributed by atoms with Crippen LogP contribution in [0.25, 0.3) is 11.5 Å². The Labute approximate surface area is 121 Å². The highest BCUT2D eigenvalue weighted by atomic mass is 32.1. The highest BCUT2D eigenvalue weighted by Gasteiger charge is 2.10. The molecular formula is C14H13NO4S. The number of nitrogens with one attached hydrogen (secondary N) is 1. The quantitative estimate of drug-likeness (QED) is 0.672. The first kappa shape index (κ1) is 14.2. The second-order valence-corrected chi connectivity index (χ2v) is 4.36. The summed E-state index contributed by atoms with van der Waals surface area (Å²) in [7, 11) is 0. The van der Waals surface area contributed by atoms with Crippen molar-refractivity contribution in [3.05, 3.63) is 48.4 Å². The molecule has 0 spiro atoms. The van der Waals surface area contributed by atoms with Gasteiger partial charge in [0.15, 0.2) is 11.5 Å². The summed E-state index contributed by atoms with van der Waals surface area (Å²) in [6.45, 7) is 0. The Morgan fingerprint density at radius 2 is 1.80 bits per heavy atom. The number of imide groups is 1. The Morgan fingerprint density at radius 1 is 1.05 bits per heavy atom. The minimum absolute atomic E-state index is 0.329. The van der Waals surface area contributed by atoms with Gasteiger partial charge >= 0.3 is 0 Å². The van der Waals surface area contributed by atoms with Gasteiger partial charge < -0.3 is 8.83 Å². The molecule has 2 aromatic heterocycles. The van der Waals surface area contributed by atoms with E-state index in [0.717, 1.165) is 29.3 Å². The van der Waals surface area contributed by atoms with Gasteiger partial charge in [0.2, 0.25) is 0 Å². The fourth-order valence-electron chi connectivity index (χ4n) is 1.63. The Kier molecular flexibility index (Phi) is 4.84. The number of thiol groups is 1. The average Bonchev–Trinajstić information content (AvgIpc) is 3.12. The van der Waals surface area contributed by atoms with E-state index in [1.165, 1.54) is 12.2 Å².